The van der Waals surface area contributed by atoms with Crippen LogP contribution in [0.3, 0.4) is 0 Å². The number of H-pyrrole nitrogens is 1. The summed E-state index contributed by atoms with van der Waals surface area (Å²) in [4.78, 5) is 3.14. The Balaban J connectivity index is 1.99. The van der Waals surface area contributed by atoms with Gasteiger partial charge in [-0.05, 0) is 57.6 Å². The molecule has 134 valence electrons. The summed E-state index contributed by atoms with van der Waals surface area (Å²) < 4.78 is 27.8. The molecule has 24 heavy (non-hydrogen) atoms. The first kappa shape index (κ1) is 19.1. The third-order valence-electron chi connectivity index (χ3n) is 4.17. The molecule has 0 amide bonds. The number of aryl methyl sites for hydroxylation is 1. The third-order valence-corrected chi connectivity index (χ3v) is 7.22. The van der Waals surface area contributed by atoms with Gasteiger partial charge in [-0.15, -0.1) is 11.3 Å². The fourth-order valence-corrected chi connectivity index (χ4v) is 4.91. The smallest absolute Gasteiger partial charge is 0.250 e. The molecule has 2 N–H and O–H groups in total. The van der Waals surface area contributed by atoms with Gasteiger partial charge in [0.2, 0.25) is 10.0 Å². The number of sulfonamides is 1. The number of nitrogens with one attached hydrogen (secondary N) is 2. The zero-order chi connectivity index (χ0) is 17.7. The van der Waals surface area contributed by atoms with E-state index in [0.29, 0.717) is 10.8 Å². The van der Waals surface area contributed by atoms with Gasteiger partial charge in [0.1, 0.15) is 9.90 Å². The molecule has 8 heteroatoms. The lowest BCUT2D eigenvalue weighted by molar-refractivity contribution is 0.300. The average molecular weight is 371 g/mol. The Labute approximate surface area is 148 Å². The molecule has 0 bridgehead atoms. The van der Waals surface area contributed by atoms with Crippen LogP contribution in [-0.2, 0) is 10.0 Å². The molecular formula is C16H26N4O2S2. The minimum absolute atomic E-state index is 0.334. The van der Waals surface area contributed by atoms with Crippen molar-refractivity contribution in [3.63, 3.8) is 0 Å². The molecule has 2 heterocycles. The molecule has 0 atom stereocenters. The van der Waals surface area contributed by atoms with Crippen molar-refractivity contribution in [3.05, 3.63) is 23.4 Å². The largest absolute Gasteiger partial charge is 0.304 e. The van der Waals surface area contributed by atoms with Crippen LogP contribution in [0.5, 0.6) is 0 Å². The van der Waals surface area contributed by atoms with Gasteiger partial charge in [0.05, 0.1) is 4.88 Å². The lowest BCUT2D eigenvalue weighted by Crippen LogP contribution is -2.29. The van der Waals surface area contributed by atoms with Crippen LogP contribution in [0.1, 0.15) is 31.5 Å². The highest BCUT2D eigenvalue weighted by Crippen LogP contribution is 2.32. The van der Waals surface area contributed by atoms with Gasteiger partial charge in [0.25, 0.3) is 0 Å². The molecule has 0 aromatic carbocycles. The maximum atomic E-state index is 12.4. The zero-order valence-electron chi connectivity index (χ0n) is 14.7. The van der Waals surface area contributed by atoms with E-state index in [1.165, 1.54) is 11.3 Å². The summed E-state index contributed by atoms with van der Waals surface area (Å²) in [6, 6.07) is 3.47. The second-order valence-corrected chi connectivity index (χ2v) is 8.80. The van der Waals surface area contributed by atoms with Crippen LogP contribution >= 0.6 is 11.3 Å². The van der Waals surface area contributed by atoms with E-state index in [4.69, 9.17) is 0 Å². The Kier molecular flexibility index (Phi) is 6.56. The van der Waals surface area contributed by atoms with Crippen molar-refractivity contribution in [2.24, 2.45) is 0 Å². The summed E-state index contributed by atoms with van der Waals surface area (Å²) >= 11 is 1.25. The van der Waals surface area contributed by atoms with Crippen molar-refractivity contribution in [2.45, 2.75) is 38.3 Å². The van der Waals surface area contributed by atoms with Crippen molar-refractivity contribution in [1.29, 1.82) is 0 Å². The molecule has 6 nitrogen and oxygen atoms in total. The van der Waals surface area contributed by atoms with Gasteiger partial charge >= 0.3 is 0 Å². The van der Waals surface area contributed by atoms with E-state index in [0.717, 1.165) is 47.9 Å². The van der Waals surface area contributed by atoms with Crippen LogP contribution in [0.15, 0.2) is 16.3 Å². The minimum Gasteiger partial charge on any atom is -0.304 e. The molecule has 0 saturated heterocycles. The molecule has 0 aliphatic rings. The predicted molar refractivity (Wildman–Crippen MR) is 99.0 cm³/mol. The third kappa shape index (κ3) is 4.44. The normalized spacial score (nSPS) is 12.2. The van der Waals surface area contributed by atoms with Gasteiger partial charge in [0, 0.05) is 12.2 Å². The van der Waals surface area contributed by atoms with Gasteiger partial charge in [-0.25, -0.2) is 13.1 Å². The van der Waals surface area contributed by atoms with Gasteiger partial charge in [-0.1, -0.05) is 13.8 Å². The Bertz CT molecular complexity index is 761. The fourth-order valence-electron chi connectivity index (χ4n) is 2.44. The molecular weight excluding hydrogens is 344 g/mol. The number of aromatic amines is 1. The molecule has 0 saturated carbocycles. The number of aromatic nitrogens is 2. The van der Waals surface area contributed by atoms with Crippen LogP contribution in [0.25, 0.3) is 10.6 Å². The van der Waals surface area contributed by atoms with Crippen molar-refractivity contribution in [2.75, 3.05) is 26.2 Å². The predicted octanol–water partition coefficient (Wildman–Crippen LogP) is 2.77. The van der Waals surface area contributed by atoms with Gasteiger partial charge in [-0.2, -0.15) is 5.10 Å². The van der Waals surface area contributed by atoms with Crippen LogP contribution in [-0.4, -0.2) is 49.7 Å². The van der Waals surface area contributed by atoms with E-state index < -0.39 is 10.0 Å². The summed E-state index contributed by atoms with van der Waals surface area (Å²) in [5.41, 5.74) is 2.87. The van der Waals surface area contributed by atoms with Crippen molar-refractivity contribution >= 4 is 21.4 Å². The van der Waals surface area contributed by atoms with E-state index in [9.17, 15) is 8.42 Å². The van der Waals surface area contributed by atoms with Gasteiger partial charge in [0.15, 0.2) is 0 Å². The fraction of sp³-hybridized carbons (Fsp3) is 0.562. The van der Waals surface area contributed by atoms with E-state index in [2.05, 4.69) is 33.7 Å². The highest BCUT2D eigenvalue weighted by atomic mass is 32.2. The maximum Gasteiger partial charge on any atom is 0.250 e. The highest BCUT2D eigenvalue weighted by Gasteiger charge is 2.19. The lowest BCUT2D eigenvalue weighted by Gasteiger charge is -2.17. The number of hydrogen-bond acceptors (Lipinski definition) is 5. The second-order valence-electron chi connectivity index (χ2n) is 5.72. The molecule has 0 unspecified atom stereocenters. The summed E-state index contributed by atoms with van der Waals surface area (Å²) in [7, 11) is -3.45. The molecule has 2 aromatic heterocycles. The molecule has 0 radical (unpaired) electrons. The Hall–Kier alpha value is -1.22. The van der Waals surface area contributed by atoms with Crippen molar-refractivity contribution < 1.29 is 8.42 Å². The average Bonchev–Trinajstić information content (AvgIpc) is 3.16. The first-order chi connectivity index (χ1) is 11.4. The number of rotatable bonds is 9. The van der Waals surface area contributed by atoms with Gasteiger partial charge in [-0.3, -0.25) is 5.10 Å². The summed E-state index contributed by atoms with van der Waals surface area (Å²) in [6.45, 7) is 11.5. The highest BCUT2D eigenvalue weighted by molar-refractivity contribution is 7.91. The number of hydrogen-bond donors (Lipinski definition) is 2. The Morgan fingerprint density at radius 3 is 2.54 bits per heavy atom. The maximum absolute atomic E-state index is 12.4. The van der Waals surface area contributed by atoms with Crippen LogP contribution in [0.2, 0.25) is 0 Å². The molecule has 2 rings (SSSR count). The van der Waals surface area contributed by atoms with Crippen LogP contribution in [0.4, 0.5) is 0 Å². The topological polar surface area (TPSA) is 78.1 Å². The van der Waals surface area contributed by atoms with E-state index in [-0.39, 0.29) is 0 Å². The quantitative estimate of drug-likeness (QED) is 0.665. The Morgan fingerprint density at radius 1 is 1.25 bits per heavy atom. The first-order valence-electron chi connectivity index (χ1n) is 8.22. The van der Waals surface area contributed by atoms with E-state index in [1.54, 1.807) is 6.07 Å². The Morgan fingerprint density at radius 2 is 1.96 bits per heavy atom. The summed E-state index contributed by atoms with van der Waals surface area (Å²) in [6.07, 6.45) is 0.802. The standard InChI is InChI=1S/C16H26N4O2S2/c1-5-20(6-2)11-7-10-17-24(21,22)15-9-8-14(23-15)16-12(3)13(4)18-19-16/h8-9,17H,5-7,10-11H2,1-4H3,(H,18,19). The molecule has 0 aliphatic heterocycles. The summed E-state index contributed by atoms with van der Waals surface area (Å²) in [5.74, 6) is 0. The number of nitrogens with zero attached hydrogens (tertiary/aromatic N) is 2. The second kappa shape index (κ2) is 8.24. The van der Waals surface area contributed by atoms with Crippen LogP contribution in [0, 0.1) is 13.8 Å². The first-order valence-corrected chi connectivity index (χ1v) is 10.5. The summed E-state index contributed by atoms with van der Waals surface area (Å²) in [5, 5.41) is 7.19. The SMILES string of the molecule is CCN(CC)CCCNS(=O)(=O)c1ccc(-c2n[nH]c(C)c2C)s1. The van der Waals surface area contributed by atoms with Crippen molar-refractivity contribution in [3.8, 4) is 10.6 Å². The molecule has 0 spiro atoms. The number of thiophene rings is 1. The molecule has 0 fully saturated rings. The lowest BCUT2D eigenvalue weighted by atomic mass is 10.2. The van der Waals surface area contributed by atoms with Crippen LogP contribution < -0.4 is 4.72 Å². The monoisotopic (exact) mass is 370 g/mol. The van der Waals surface area contributed by atoms with E-state index in [1.807, 2.05) is 19.9 Å². The zero-order valence-corrected chi connectivity index (χ0v) is 16.4. The molecule has 0 aliphatic carbocycles. The van der Waals surface area contributed by atoms with Gasteiger partial charge < -0.3 is 4.90 Å². The molecule has 2 aromatic rings. The minimum atomic E-state index is -3.45. The van der Waals surface area contributed by atoms with Crippen molar-refractivity contribution in [1.82, 2.24) is 19.8 Å². The van der Waals surface area contributed by atoms with E-state index >= 15 is 0 Å².